The lowest BCUT2D eigenvalue weighted by Crippen LogP contribution is -2.29. The maximum absolute atomic E-state index is 12.4. The molecule has 0 aromatic heterocycles. The topological polar surface area (TPSA) is 86.7 Å². The molecule has 1 amide bonds. The Hall–Kier alpha value is -1.64. The molecule has 1 atom stereocenters. The van der Waals surface area contributed by atoms with Gasteiger partial charge in [-0.2, -0.15) is 0 Å². The fourth-order valence-corrected chi connectivity index (χ4v) is 3.39. The SMILES string of the molecule is CN(C)S(=O)(=O)c1ccc(Cl)c(C(=O)NC[C@@H](O)c2ccc(Cl)cc2)c1. The van der Waals surface area contributed by atoms with Crippen LogP contribution in [-0.2, 0) is 10.0 Å². The van der Waals surface area contributed by atoms with E-state index in [0.29, 0.717) is 10.6 Å². The van der Waals surface area contributed by atoms with Gasteiger partial charge in [-0.05, 0) is 35.9 Å². The van der Waals surface area contributed by atoms with Crippen LogP contribution in [0.4, 0.5) is 0 Å². The van der Waals surface area contributed by atoms with Crippen LogP contribution in [0.5, 0.6) is 0 Å². The summed E-state index contributed by atoms with van der Waals surface area (Å²) in [5.74, 6) is -0.584. The maximum Gasteiger partial charge on any atom is 0.252 e. The van der Waals surface area contributed by atoms with Crippen molar-refractivity contribution in [1.82, 2.24) is 9.62 Å². The number of nitrogens with one attached hydrogen (secondary N) is 1. The summed E-state index contributed by atoms with van der Waals surface area (Å²) in [4.78, 5) is 12.3. The molecule has 0 radical (unpaired) electrons. The van der Waals surface area contributed by atoms with Crippen molar-refractivity contribution in [3.63, 3.8) is 0 Å². The zero-order valence-electron chi connectivity index (χ0n) is 14.1. The van der Waals surface area contributed by atoms with E-state index in [4.69, 9.17) is 23.2 Å². The van der Waals surface area contributed by atoms with Crippen LogP contribution in [-0.4, -0.2) is 44.4 Å². The second kappa shape index (κ2) is 8.37. The first-order valence-corrected chi connectivity index (χ1v) is 9.76. The first kappa shape index (κ1) is 20.7. The van der Waals surface area contributed by atoms with Crippen LogP contribution in [0.25, 0.3) is 0 Å². The molecule has 0 aliphatic rings. The lowest BCUT2D eigenvalue weighted by molar-refractivity contribution is 0.0916. The van der Waals surface area contributed by atoms with Crippen molar-refractivity contribution in [2.45, 2.75) is 11.0 Å². The number of aliphatic hydroxyl groups is 1. The van der Waals surface area contributed by atoms with E-state index >= 15 is 0 Å². The number of halogens is 2. The van der Waals surface area contributed by atoms with Crippen molar-refractivity contribution in [3.8, 4) is 0 Å². The summed E-state index contributed by atoms with van der Waals surface area (Å²) in [5.41, 5.74) is 0.600. The lowest BCUT2D eigenvalue weighted by atomic mass is 10.1. The fourth-order valence-electron chi connectivity index (χ4n) is 2.14. The molecular formula is C17H18Cl2N2O4S. The van der Waals surface area contributed by atoms with Crippen LogP contribution < -0.4 is 5.32 Å². The van der Waals surface area contributed by atoms with Crippen LogP contribution in [0, 0.1) is 0 Å². The minimum Gasteiger partial charge on any atom is -0.387 e. The Kier molecular flexibility index (Phi) is 6.65. The van der Waals surface area contributed by atoms with E-state index < -0.39 is 22.0 Å². The number of aliphatic hydroxyl groups excluding tert-OH is 1. The predicted molar refractivity (Wildman–Crippen MR) is 101 cm³/mol. The Morgan fingerprint density at radius 3 is 2.35 bits per heavy atom. The highest BCUT2D eigenvalue weighted by Gasteiger charge is 2.21. The highest BCUT2D eigenvalue weighted by molar-refractivity contribution is 7.89. The van der Waals surface area contributed by atoms with Gasteiger partial charge in [-0.25, -0.2) is 12.7 Å². The van der Waals surface area contributed by atoms with Gasteiger partial charge in [-0.1, -0.05) is 35.3 Å². The van der Waals surface area contributed by atoms with Gasteiger partial charge in [-0.3, -0.25) is 4.79 Å². The normalized spacial score (nSPS) is 12.8. The van der Waals surface area contributed by atoms with Gasteiger partial charge < -0.3 is 10.4 Å². The van der Waals surface area contributed by atoms with Gasteiger partial charge in [-0.15, -0.1) is 0 Å². The van der Waals surface area contributed by atoms with Crippen LogP contribution in [0.1, 0.15) is 22.0 Å². The second-order valence-electron chi connectivity index (χ2n) is 5.71. The quantitative estimate of drug-likeness (QED) is 0.757. The minimum atomic E-state index is -3.70. The number of hydrogen-bond donors (Lipinski definition) is 2. The molecule has 2 aromatic carbocycles. The molecular weight excluding hydrogens is 399 g/mol. The van der Waals surface area contributed by atoms with Gasteiger partial charge in [0.15, 0.2) is 0 Å². The maximum atomic E-state index is 12.4. The van der Waals surface area contributed by atoms with Gasteiger partial charge in [0.25, 0.3) is 5.91 Å². The molecule has 0 heterocycles. The van der Waals surface area contributed by atoms with Gasteiger partial charge in [0.1, 0.15) is 0 Å². The zero-order chi connectivity index (χ0) is 19.5. The van der Waals surface area contributed by atoms with E-state index in [0.717, 1.165) is 4.31 Å². The molecule has 0 unspecified atom stereocenters. The Labute approximate surface area is 162 Å². The summed E-state index contributed by atoms with van der Waals surface area (Å²) in [5, 5.41) is 13.3. The molecule has 0 saturated heterocycles. The summed E-state index contributed by atoms with van der Waals surface area (Å²) in [7, 11) is -0.905. The molecule has 0 bridgehead atoms. The third kappa shape index (κ3) is 4.75. The number of sulfonamides is 1. The van der Waals surface area contributed by atoms with Crippen molar-refractivity contribution < 1.29 is 18.3 Å². The van der Waals surface area contributed by atoms with Crippen LogP contribution in [0.3, 0.4) is 0 Å². The number of carbonyl (C=O) groups excluding carboxylic acids is 1. The van der Waals surface area contributed by atoms with E-state index in [1.807, 2.05) is 0 Å². The van der Waals surface area contributed by atoms with Crippen LogP contribution >= 0.6 is 23.2 Å². The molecule has 0 aliphatic heterocycles. The number of benzene rings is 2. The average Bonchev–Trinajstić information content (AvgIpc) is 2.60. The fraction of sp³-hybridized carbons (Fsp3) is 0.235. The molecule has 0 spiro atoms. The van der Waals surface area contributed by atoms with Crippen molar-refractivity contribution in [1.29, 1.82) is 0 Å². The van der Waals surface area contributed by atoms with Gasteiger partial charge in [0.2, 0.25) is 10.0 Å². The molecule has 2 N–H and O–H groups in total. The Morgan fingerprint density at radius 2 is 1.77 bits per heavy atom. The van der Waals surface area contributed by atoms with E-state index in [-0.39, 0.29) is 22.0 Å². The standard InChI is InChI=1S/C17H18Cl2N2O4S/c1-21(2)26(24,25)13-7-8-15(19)14(9-13)17(23)20-10-16(22)11-3-5-12(18)6-4-11/h3-9,16,22H,10H2,1-2H3,(H,20,23)/t16-/m1/s1. The zero-order valence-corrected chi connectivity index (χ0v) is 16.4. The van der Waals surface area contributed by atoms with Gasteiger partial charge in [0.05, 0.1) is 21.6 Å². The first-order chi connectivity index (χ1) is 12.1. The van der Waals surface area contributed by atoms with Crippen molar-refractivity contribution in [2.75, 3.05) is 20.6 Å². The summed E-state index contributed by atoms with van der Waals surface area (Å²) in [6, 6.07) is 10.5. The second-order valence-corrected chi connectivity index (χ2v) is 8.70. The Morgan fingerprint density at radius 1 is 1.15 bits per heavy atom. The van der Waals surface area contributed by atoms with Gasteiger partial charge in [0, 0.05) is 25.7 Å². The average molecular weight is 417 g/mol. The molecule has 9 heteroatoms. The molecule has 2 rings (SSSR count). The Bertz CT molecular complexity index is 899. The highest BCUT2D eigenvalue weighted by Crippen LogP contribution is 2.22. The number of rotatable bonds is 6. The van der Waals surface area contributed by atoms with Crippen molar-refractivity contribution in [3.05, 3.63) is 63.6 Å². The smallest absolute Gasteiger partial charge is 0.252 e. The minimum absolute atomic E-state index is 0.0119. The van der Waals surface area contributed by atoms with Crippen molar-refractivity contribution in [2.24, 2.45) is 0 Å². The number of carbonyl (C=O) groups is 1. The van der Waals surface area contributed by atoms with Crippen LogP contribution in [0.2, 0.25) is 10.0 Å². The lowest BCUT2D eigenvalue weighted by Gasteiger charge is -2.15. The summed E-state index contributed by atoms with van der Waals surface area (Å²) in [6.45, 7) is -0.0680. The molecule has 140 valence electrons. The molecule has 0 saturated carbocycles. The van der Waals surface area contributed by atoms with Gasteiger partial charge >= 0.3 is 0 Å². The third-order valence-corrected chi connectivity index (χ3v) is 6.06. The Balaban J connectivity index is 2.15. The number of nitrogens with zero attached hydrogens (tertiary/aromatic N) is 1. The summed E-state index contributed by atoms with van der Waals surface area (Å²) < 4.78 is 25.4. The van der Waals surface area contributed by atoms with Crippen LogP contribution in [0.15, 0.2) is 47.4 Å². The first-order valence-electron chi connectivity index (χ1n) is 7.56. The van der Waals surface area contributed by atoms with E-state index in [1.54, 1.807) is 24.3 Å². The molecule has 2 aromatic rings. The summed E-state index contributed by atoms with van der Waals surface area (Å²) in [6.07, 6.45) is -0.941. The largest absolute Gasteiger partial charge is 0.387 e. The van der Waals surface area contributed by atoms with E-state index in [1.165, 1.54) is 32.3 Å². The number of hydrogen-bond acceptors (Lipinski definition) is 4. The predicted octanol–water partition coefficient (Wildman–Crippen LogP) is 2.71. The molecule has 0 fully saturated rings. The number of amides is 1. The molecule has 6 nitrogen and oxygen atoms in total. The molecule has 0 aliphatic carbocycles. The third-order valence-electron chi connectivity index (χ3n) is 3.67. The van der Waals surface area contributed by atoms with Crippen molar-refractivity contribution >= 4 is 39.1 Å². The monoisotopic (exact) mass is 416 g/mol. The molecule has 26 heavy (non-hydrogen) atoms. The summed E-state index contributed by atoms with van der Waals surface area (Å²) >= 11 is 11.8. The van der Waals surface area contributed by atoms with E-state index in [2.05, 4.69) is 5.32 Å². The highest BCUT2D eigenvalue weighted by atomic mass is 35.5. The van der Waals surface area contributed by atoms with E-state index in [9.17, 15) is 18.3 Å².